The highest BCUT2D eigenvalue weighted by Crippen LogP contribution is 2.44. The topological polar surface area (TPSA) is 71.1 Å². The Kier molecular flexibility index (Phi) is 5.05. The number of hydrogen-bond acceptors (Lipinski definition) is 4. The van der Waals surface area contributed by atoms with Gasteiger partial charge in [0.25, 0.3) is 0 Å². The molecular weight excluding hydrogens is 366 g/mol. The highest BCUT2D eigenvalue weighted by Gasteiger charge is 2.50. The molecule has 158 valence electrons. The molecule has 0 radical (unpaired) electrons. The van der Waals surface area contributed by atoms with Crippen LogP contribution in [0.15, 0.2) is 18.6 Å². The first-order valence-electron chi connectivity index (χ1n) is 10.8. The van der Waals surface area contributed by atoms with E-state index in [1.54, 1.807) is 6.33 Å². The Balaban J connectivity index is 1.52. The summed E-state index contributed by atoms with van der Waals surface area (Å²) < 4.78 is 6.43. The van der Waals surface area contributed by atoms with Gasteiger partial charge in [-0.1, -0.05) is 6.92 Å². The predicted molar refractivity (Wildman–Crippen MR) is 115 cm³/mol. The van der Waals surface area contributed by atoms with Crippen molar-refractivity contribution in [3.63, 3.8) is 0 Å². The summed E-state index contributed by atoms with van der Waals surface area (Å²) in [5.41, 5.74) is 0.466. The molecule has 3 heterocycles. The average Bonchev–Trinajstić information content (AvgIpc) is 3.34. The Morgan fingerprint density at radius 1 is 1.28 bits per heavy atom. The Hall–Kier alpha value is -2.15. The number of quaternary nitrogens is 1. The van der Waals surface area contributed by atoms with Gasteiger partial charge in [-0.15, -0.1) is 0 Å². The summed E-state index contributed by atoms with van der Waals surface area (Å²) in [7, 11) is 2.33. The largest absolute Gasteiger partial charge is 0.444 e. The molecule has 2 aromatic heterocycles. The molecule has 2 aromatic rings. The standard InChI is InChI=1S/C22H34N5O2/c1-6-9-27(5,20-18-7-8-23-19(18)24-14-25-20)17-10-15-12-26(13-16(15)11-17)21(28)29-22(2,3)4/h7-8,14-17H,6,9-13H2,1-5H3,(H,23,24,25)/q+1. The molecule has 7 nitrogen and oxygen atoms in total. The number of fused-ring (bicyclic) bond motifs is 2. The molecule has 29 heavy (non-hydrogen) atoms. The molecule has 1 amide bonds. The van der Waals surface area contributed by atoms with Crippen LogP contribution in [0.1, 0.15) is 47.0 Å². The molecule has 4 rings (SSSR count). The van der Waals surface area contributed by atoms with Crippen molar-refractivity contribution in [3.05, 3.63) is 18.6 Å². The number of aromatic amines is 1. The van der Waals surface area contributed by atoms with Crippen LogP contribution in [-0.2, 0) is 4.74 Å². The third-order valence-corrected chi connectivity index (χ3v) is 6.69. The van der Waals surface area contributed by atoms with Gasteiger partial charge in [0.2, 0.25) is 5.82 Å². The van der Waals surface area contributed by atoms with Crippen molar-refractivity contribution in [2.75, 3.05) is 26.7 Å². The van der Waals surface area contributed by atoms with Crippen LogP contribution in [0.4, 0.5) is 10.6 Å². The molecule has 1 N–H and O–H groups in total. The number of amides is 1. The molecule has 2 fully saturated rings. The van der Waals surface area contributed by atoms with E-state index in [2.05, 4.69) is 30.0 Å². The number of hydrogen-bond donors (Lipinski definition) is 1. The summed E-state index contributed by atoms with van der Waals surface area (Å²) in [5, 5.41) is 1.12. The van der Waals surface area contributed by atoms with Gasteiger partial charge in [0.1, 0.15) is 23.0 Å². The first-order valence-corrected chi connectivity index (χ1v) is 10.8. The van der Waals surface area contributed by atoms with E-state index in [4.69, 9.17) is 9.72 Å². The zero-order valence-electron chi connectivity index (χ0n) is 18.3. The lowest BCUT2D eigenvalue weighted by atomic mass is 10.0. The third-order valence-electron chi connectivity index (χ3n) is 6.69. The zero-order chi connectivity index (χ0) is 20.8. The van der Waals surface area contributed by atoms with E-state index in [1.807, 2.05) is 31.9 Å². The van der Waals surface area contributed by atoms with Crippen molar-refractivity contribution >= 4 is 22.9 Å². The van der Waals surface area contributed by atoms with E-state index in [0.717, 1.165) is 60.2 Å². The summed E-state index contributed by atoms with van der Waals surface area (Å²) in [6, 6.07) is 2.61. The van der Waals surface area contributed by atoms with Gasteiger partial charge in [0.05, 0.1) is 19.6 Å². The molecule has 7 heteroatoms. The van der Waals surface area contributed by atoms with Crippen LogP contribution in [0.5, 0.6) is 0 Å². The Morgan fingerprint density at radius 2 is 1.97 bits per heavy atom. The summed E-state index contributed by atoms with van der Waals surface area (Å²) in [6.45, 7) is 10.7. The maximum Gasteiger partial charge on any atom is 0.410 e. The number of aromatic nitrogens is 3. The van der Waals surface area contributed by atoms with Gasteiger partial charge >= 0.3 is 6.09 Å². The number of carbonyl (C=O) groups excluding carboxylic acids is 1. The van der Waals surface area contributed by atoms with E-state index in [1.165, 1.54) is 0 Å². The van der Waals surface area contributed by atoms with Crippen LogP contribution in [-0.4, -0.2) is 64.3 Å². The van der Waals surface area contributed by atoms with Crippen LogP contribution in [0, 0.1) is 11.8 Å². The number of nitrogens with zero attached hydrogens (tertiary/aromatic N) is 4. The normalized spacial score (nSPS) is 26.5. The number of nitrogens with one attached hydrogen (secondary N) is 1. The number of likely N-dealkylation sites (tertiary alicyclic amines) is 1. The Bertz CT molecular complexity index is 875. The monoisotopic (exact) mass is 400 g/mol. The molecule has 0 spiro atoms. The van der Waals surface area contributed by atoms with E-state index < -0.39 is 5.60 Å². The summed E-state index contributed by atoms with van der Waals surface area (Å²) in [6.07, 6.45) is 6.80. The third kappa shape index (κ3) is 3.72. The summed E-state index contributed by atoms with van der Waals surface area (Å²) in [5.74, 6) is 2.21. The van der Waals surface area contributed by atoms with Gasteiger partial charge in [-0.3, -0.25) is 4.48 Å². The molecule has 1 aliphatic heterocycles. The van der Waals surface area contributed by atoms with Crippen molar-refractivity contribution in [1.29, 1.82) is 0 Å². The lowest BCUT2D eigenvalue weighted by Crippen LogP contribution is -2.54. The fraction of sp³-hybridized carbons (Fsp3) is 0.682. The first-order chi connectivity index (χ1) is 13.7. The van der Waals surface area contributed by atoms with E-state index >= 15 is 0 Å². The second-order valence-corrected chi connectivity index (χ2v) is 9.96. The van der Waals surface area contributed by atoms with Crippen molar-refractivity contribution < 1.29 is 9.53 Å². The second kappa shape index (κ2) is 7.27. The molecule has 2 aliphatic rings. The fourth-order valence-corrected chi connectivity index (χ4v) is 5.40. The van der Waals surface area contributed by atoms with Crippen molar-refractivity contribution in [1.82, 2.24) is 24.3 Å². The lowest BCUT2D eigenvalue weighted by molar-refractivity contribution is 0.0275. The van der Waals surface area contributed by atoms with Gasteiger partial charge in [-0.2, -0.15) is 4.98 Å². The van der Waals surface area contributed by atoms with Crippen LogP contribution in [0.3, 0.4) is 0 Å². The maximum absolute atomic E-state index is 12.5. The minimum absolute atomic E-state index is 0.168. The number of H-pyrrole nitrogens is 1. The fourth-order valence-electron chi connectivity index (χ4n) is 5.40. The van der Waals surface area contributed by atoms with Crippen molar-refractivity contribution in [2.24, 2.45) is 11.8 Å². The SMILES string of the molecule is CCC[N+](C)(c1ncnc2[nH]ccc12)C1CC2CN(C(=O)OC(C)(C)C)CC2C1. The zero-order valence-corrected chi connectivity index (χ0v) is 18.3. The predicted octanol–water partition coefficient (Wildman–Crippen LogP) is 3.95. The van der Waals surface area contributed by atoms with Gasteiger partial charge < -0.3 is 14.6 Å². The Labute approximate surface area is 173 Å². The summed E-state index contributed by atoms with van der Waals surface area (Å²) >= 11 is 0. The van der Waals surface area contributed by atoms with Crippen LogP contribution >= 0.6 is 0 Å². The van der Waals surface area contributed by atoms with E-state index in [-0.39, 0.29) is 6.09 Å². The molecular formula is C22H34N5O2+. The average molecular weight is 401 g/mol. The van der Waals surface area contributed by atoms with Gasteiger partial charge in [0, 0.05) is 32.1 Å². The Morgan fingerprint density at radius 3 is 2.59 bits per heavy atom. The quantitative estimate of drug-likeness (QED) is 0.789. The first kappa shape index (κ1) is 20.1. The molecule has 1 saturated carbocycles. The highest BCUT2D eigenvalue weighted by atomic mass is 16.6. The smallest absolute Gasteiger partial charge is 0.410 e. The molecule has 0 bridgehead atoms. The van der Waals surface area contributed by atoms with E-state index in [9.17, 15) is 4.79 Å². The van der Waals surface area contributed by atoms with Crippen molar-refractivity contribution in [2.45, 2.75) is 58.6 Å². The van der Waals surface area contributed by atoms with Gasteiger partial charge in [0.15, 0.2) is 0 Å². The van der Waals surface area contributed by atoms with Crippen LogP contribution < -0.4 is 4.48 Å². The van der Waals surface area contributed by atoms with E-state index in [0.29, 0.717) is 17.9 Å². The van der Waals surface area contributed by atoms with Crippen LogP contribution in [0.25, 0.3) is 11.0 Å². The molecule has 1 aliphatic carbocycles. The highest BCUT2D eigenvalue weighted by molar-refractivity contribution is 5.86. The van der Waals surface area contributed by atoms with Gasteiger partial charge in [-0.25, -0.2) is 9.78 Å². The molecule has 3 unspecified atom stereocenters. The maximum atomic E-state index is 12.5. The van der Waals surface area contributed by atoms with Gasteiger partial charge in [-0.05, 0) is 45.1 Å². The summed E-state index contributed by atoms with van der Waals surface area (Å²) in [4.78, 5) is 26.8. The minimum Gasteiger partial charge on any atom is -0.444 e. The molecule has 3 atom stereocenters. The van der Waals surface area contributed by atoms with Crippen LogP contribution in [0.2, 0.25) is 0 Å². The molecule has 0 aromatic carbocycles. The molecule has 1 saturated heterocycles. The van der Waals surface area contributed by atoms with Crippen molar-refractivity contribution in [3.8, 4) is 0 Å². The second-order valence-electron chi connectivity index (χ2n) is 9.96. The lowest BCUT2D eigenvalue weighted by Gasteiger charge is -2.39. The number of ether oxygens (including phenoxy) is 1. The number of rotatable bonds is 4. The number of carbonyl (C=O) groups is 1. The minimum atomic E-state index is -0.442.